The lowest BCUT2D eigenvalue weighted by Crippen LogP contribution is -2.26. The number of thiazole rings is 1. The van der Waals surface area contributed by atoms with Gasteiger partial charge in [0.05, 0.1) is 44.8 Å². The number of nitrogens with zero attached hydrogens (tertiary/aromatic N) is 2. The summed E-state index contributed by atoms with van der Waals surface area (Å²) in [5.41, 5.74) is 2.86. The molecule has 0 unspecified atom stereocenters. The second-order valence-corrected chi connectivity index (χ2v) is 7.45. The largest absolute Gasteiger partial charge is 0.510 e. The topological polar surface area (TPSA) is 87.9 Å². The van der Waals surface area contributed by atoms with Gasteiger partial charge in [0.15, 0.2) is 0 Å². The molecule has 2 aromatic carbocycles. The molecule has 7 nitrogen and oxygen atoms in total. The highest BCUT2D eigenvalue weighted by Gasteiger charge is 2.31. The van der Waals surface area contributed by atoms with Crippen molar-refractivity contribution in [1.29, 1.82) is 5.41 Å². The highest BCUT2D eigenvalue weighted by Crippen LogP contribution is 2.37. The molecule has 30 heavy (non-hydrogen) atoms. The second-order valence-electron chi connectivity index (χ2n) is 6.59. The van der Waals surface area contributed by atoms with Crippen molar-refractivity contribution in [3.05, 3.63) is 58.6 Å². The maximum atomic E-state index is 10.6. The summed E-state index contributed by atoms with van der Waals surface area (Å²) >= 11 is 1.39. The number of methoxy groups -OCH3 is 3. The van der Waals surface area contributed by atoms with Gasteiger partial charge in [-0.25, -0.2) is 4.98 Å². The second kappa shape index (κ2) is 8.08. The maximum absolute atomic E-state index is 10.6. The molecule has 0 fully saturated rings. The van der Waals surface area contributed by atoms with Crippen molar-refractivity contribution in [2.24, 2.45) is 0 Å². The van der Waals surface area contributed by atoms with Crippen LogP contribution in [0.4, 0.5) is 5.69 Å². The normalized spacial score (nSPS) is 13.7. The van der Waals surface area contributed by atoms with Crippen LogP contribution in [0, 0.1) is 5.41 Å². The Balaban J connectivity index is 1.62. The Labute approximate surface area is 178 Å². The summed E-state index contributed by atoms with van der Waals surface area (Å²) in [5, 5.41) is 21.8. The van der Waals surface area contributed by atoms with Crippen LogP contribution in [0.25, 0.3) is 16.8 Å². The summed E-state index contributed by atoms with van der Waals surface area (Å²) in [6, 6.07) is 13.0. The van der Waals surface area contributed by atoms with E-state index in [4.69, 9.17) is 19.6 Å². The lowest BCUT2D eigenvalue weighted by molar-refractivity contribution is 0.394. The Morgan fingerprint density at radius 1 is 0.967 bits per heavy atom. The molecule has 0 amide bonds. The third-order valence-corrected chi connectivity index (χ3v) is 5.71. The summed E-state index contributed by atoms with van der Waals surface area (Å²) in [5.74, 6) is 2.29. The first-order valence-corrected chi connectivity index (χ1v) is 10.0. The monoisotopic (exact) mass is 423 g/mol. The van der Waals surface area contributed by atoms with Gasteiger partial charge in [0, 0.05) is 29.1 Å². The molecular weight excluding hydrogens is 402 g/mol. The van der Waals surface area contributed by atoms with Crippen molar-refractivity contribution < 1.29 is 19.3 Å². The van der Waals surface area contributed by atoms with Crippen molar-refractivity contribution in [3.63, 3.8) is 0 Å². The number of hydrogen-bond donors (Lipinski definition) is 2. The quantitative estimate of drug-likeness (QED) is 0.602. The molecule has 154 valence electrons. The highest BCUT2D eigenvalue weighted by atomic mass is 32.1. The number of aliphatic hydroxyl groups is 1. The van der Waals surface area contributed by atoms with Gasteiger partial charge in [0.2, 0.25) is 0 Å². The minimum atomic E-state index is 0.109. The lowest BCUT2D eigenvalue weighted by atomic mass is 10.1. The highest BCUT2D eigenvalue weighted by molar-refractivity contribution is 7.11. The van der Waals surface area contributed by atoms with Crippen LogP contribution in [-0.4, -0.2) is 43.8 Å². The van der Waals surface area contributed by atoms with Gasteiger partial charge < -0.3 is 24.2 Å². The van der Waals surface area contributed by atoms with Crippen LogP contribution in [0.15, 0.2) is 53.6 Å². The average molecular weight is 423 g/mol. The van der Waals surface area contributed by atoms with Crippen LogP contribution in [-0.2, 0) is 0 Å². The third-order valence-electron chi connectivity index (χ3n) is 4.85. The van der Waals surface area contributed by atoms with E-state index in [1.807, 2.05) is 29.6 Å². The van der Waals surface area contributed by atoms with Crippen LogP contribution in [0.1, 0.15) is 5.01 Å². The fourth-order valence-electron chi connectivity index (χ4n) is 3.26. The van der Waals surface area contributed by atoms with Crippen molar-refractivity contribution in [3.8, 4) is 28.5 Å². The van der Waals surface area contributed by atoms with E-state index in [9.17, 15) is 5.11 Å². The summed E-state index contributed by atoms with van der Waals surface area (Å²) in [4.78, 5) is 6.36. The van der Waals surface area contributed by atoms with E-state index < -0.39 is 0 Å². The van der Waals surface area contributed by atoms with Crippen molar-refractivity contribution in [2.45, 2.75) is 0 Å². The van der Waals surface area contributed by atoms with Crippen LogP contribution in [0.3, 0.4) is 0 Å². The van der Waals surface area contributed by atoms with E-state index in [0.29, 0.717) is 27.8 Å². The molecule has 0 atom stereocenters. The predicted molar refractivity (Wildman–Crippen MR) is 118 cm³/mol. The maximum Gasteiger partial charge on any atom is 0.139 e. The number of aliphatic hydroxyl groups excluding tert-OH is 1. The van der Waals surface area contributed by atoms with Gasteiger partial charge >= 0.3 is 0 Å². The van der Waals surface area contributed by atoms with E-state index >= 15 is 0 Å². The fourth-order valence-corrected chi connectivity index (χ4v) is 4.15. The minimum Gasteiger partial charge on any atom is -0.510 e. The molecule has 0 bridgehead atoms. The Hall–Kier alpha value is -3.52. The van der Waals surface area contributed by atoms with Gasteiger partial charge in [-0.2, -0.15) is 0 Å². The molecule has 2 N–H and O–H groups in total. The molecule has 0 aliphatic carbocycles. The number of amidine groups is 1. The number of aromatic nitrogens is 1. The molecule has 0 saturated carbocycles. The van der Waals surface area contributed by atoms with Crippen LogP contribution in [0.2, 0.25) is 0 Å². The van der Waals surface area contributed by atoms with Gasteiger partial charge in [-0.05, 0) is 24.3 Å². The van der Waals surface area contributed by atoms with Crippen molar-refractivity contribution in [1.82, 2.24) is 4.98 Å². The fraction of sp³-hybridized carbons (Fsp3) is 0.182. The van der Waals surface area contributed by atoms with E-state index in [0.717, 1.165) is 17.0 Å². The number of nitrogens with one attached hydrogen (secondary N) is 1. The van der Waals surface area contributed by atoms with Crippen molar-refractivity contribution in [2.75, 3.05) is 32.8 Å². The van der Waals surface area contributed by atoms with Crippen LogP contribution >= 0.6 is 11.3 Å². The molecule has 3 aromatic rings. The Morgan fingerprint density at radius 2 is 1.60 bits per heavy atom. The molecule has 0 saturated heterocycles. The summed E-state index contributed by atoms with van der Waals surface area (Å²) in [6.45, 7) is 0.182. The first-order valence-electron chi connectivity index (χ1n) is 9.16. The van der Waals surface area contributed by atoms with E-state index in [2.05, 4.69) is 4.98 Å². The van der Waals surface area contributed by atoms with Gasteiger partial charge in [-0.15, -0.1) is 11.3 Å². The van der Waals surface area contributed by atoms with Crippen molar-refractivity contribution >= 4 is 28.4 Å². The van der Waals surface area contributed by atoms with E-state index in [-0.39, 0.29) is 18.1 Å². The zero-order valence-electron chi connectivity index (χ0n) is 16.8. The molecule has 0 radical (unpaired) electrons. The number of anilines is 1. The summed E-state index contributed by atoms with van der Waals surface area (Å²) in [7, 11) is 4.77. The third kappa shape index (κ3) is 3.57. The standard InChI is InChI=1S/C22H21N3O4S/c1-27-15-6-4-13(5-7-15)18-12-30-22(24-18)20-19(26)11-25(21(20)23)14-8-16(28-2)10-17(9-14)29-3/h4-10,12,23,26H,11H2,1-3H3. The van der Waals surface area contributed by atoms with Gasteiger partial charge in [-0.3, -0.25) is 5.41 Å². The van der Waals surface area contributed by atoms with Gasteiger partial charge in [-0.1, -0.05) is 0 Å². The van der Waals surface area contributed by atoms with Crippen LogP contribution in [0.5, 0.6) is 17.2 Å². The zero-order valence-corrected chi connectivity index (χ0v) is 17.6. The number of ether oxygens (including phenoxy) is 3. The number of rotatable bonds is 6. The molecule has 8 heteroatoms. The molecule has 0 spiro atoms. The molecule has 4 rings (SSSR count). The van der Waals surface area contributed by atoms with Gasteiger partial charge in [0.25, 0.3) is 0 Å². The zero-order chi connectivity index (χ0) is 21.3. The van der Waals surface area contributed by atoms with E-state index in [1.54, 1.807) is 44.4 Å². The average Bonchev–Trinajstić information content (AvgIpc) is 3.37. The summed E-state index contributed by atoms with van der Waals surface area (Å²) < 4.78 is 15.9. The molecule has 1 aliphatic heterocycles. The Bertz CT molecular complexity index is 1100. The number of hydrogen-bond acceptors (Lipinski definition) is 7. The van der Waals surface area contributed by atoms with Gasteiger partial charge in [0.1, 0.15) is 33.9 Å². The molecule has 1 aromatic heterocycles. The first-order chi connectivity index (χ1) is 14.5. The predicted octanol–water partition coefficient (Wildman–Crippen LogP) is 4.60. The lowest BCUT2D eigenvalue weighted by Gasteiger charge is -2.20. The van der Waals surface area contributed by atoms with E-state index in [1.165, 1.54) is 11.3 Å². The SMILES string of the molecule is COc1ccc(-c2csc(C3=C(O)CN(c4cc(OC)cc(OC)c4)C3=N)n2)cc1. The first kappa shape index (κ1) is 19.8. The number of benzene rings is 2. The molecule has 1 aliphatic rings. The smallest absolute Gasteiger partial charge is 0.139 e. The Kier molecular flexibility index (Phi) is 5.33. The molecular formula is C22H21N3O4S. The minimum absolute atomic E-state index is 0.109. The summed E-state index contributed by atoms with van der Waals surface area (Å²) in [6.07, 6.45) is 0. The Morgan fingerprint density at radius 3 is 2.20 bits per heavy atom. The molecule has 2 heterocycles. The van der Waals surface area contributed by atoms with Crippen LogP contribution < -0.4 is 19.1 Å².